The molecule has 27 heavy (non-hydrogen) atoms. The molecule has 0 unspecified atom stereocenters. The van der Waals surface area contributed by atoms with Crippen LogP contribution in [0.4, 0.5) is 59.7 Å². The topological polar surface area (TPSA) is 61.3 Å². The third-order valence-electron chi connectivity index (χ3n) is 2.88. The quantitative estimate of drug-likeness (QED) is 0.365. The molecule has 1 aromatic carbocycles. The summed E-state index contributed by atoms with van der Waals surface area (Å²) in [7, 11) is 0. The first-order chi connectivity index (χ1) is 11.9. The zero-order valence-corrected chi connectivity index (χ0v) is 13.0. The molecule has 1 rings (SSSR count). The number of nitrogen functional groups attached to an aromatic ring is 2. The second-order valence-corrected chi connectivity index (χ2v) is 5.21. The van der Waals surface area contributed by atoms with Crippen molar-refractivity contribution >= 4 is 23.0 Å². The fourth-order valence-corrected chi connectivity index (χ4v) is 1.64. The van der Waals surface area contributed by atoms with E-state index in [1.807, 2.05) is 0 Å². The summed E-state index contributed by atoms with van der Waals surface area (Å²) in [5.41, 5.74) is 9.58. The first kappa shape index (κ1) is 22.9. The molecule has 0 spiro atoms. The van der Waals surface area contributed by atoms with Gasteiger partial charge in [-0.25, -0.2) is 0 Å². The Hall–Kier alpha value is -2.12. The molecule has 0 aliphatic heterocycles. The van der Waals surface area contributed by atoms with Gasteiger partial charge in [-0.3, -0.25) is 0 Å². The number of ether oxygens (including phenoxy) is 1. The van der Waals surface area contributed by atoms with Gasteiger partial charge in [0.15, 0.2) is 5.75 Å². The molecule has 1 aromatic rings. The van der Waals surface area contributed by atoms with Crippen molar-refractivity contribution in [3.8, 4) is 5.75 Å². The predicted octanol–water partition coefficient (Wildman–Crippen LogP) is 5.46. The van der Waals surface area contributed by atoms with Crippen LogP contribution in [-0.4, -0.2) is 23.9 Å². The van der Waals surface area contributed by atoms with E-state index in [2.05, 4.69) is 4.74 Å². The van der Waals surface area contributed by atoms with Crippen LogP contribution in [0.5, 0.6) is 5.75 Å². The maximum Gasteiger partial charge on any atom is 0.460 e. The van der Waals surface area contributed by atoms with Crippen molar-refractivity contribution in [2.75, 3.05) is 11.5 Å². The predicted molar refractivity (Wildman–Crippen MR) is 71.0 cm³/mol. The third-order valence-corrected chi connectivity index (χ3v) is 3.29. The molecule has 0 saturated heterocycles. The Labute approximate surface area is 147 Å². The lowest BCUT2D eigenvalue weighted by Gasteiger charge is -2.32. The van der Waals surface area contributed by atoms with Crippen LogP contribution in [0, 0.1) is 0 Å². The van der Waals surface area contributed by atoms with Gasteiger partial charge in [0.1, 0.15) is 5.02 Å². The van der Waals surface area contributed by atoms with E-state index in [0.717, 1.165) is 6.07 Å². The summed E-state index contributed by atoms with van der Waals surface area (Å²) >= 11 is 5.43. The number of alkyl halides is 9. The molecule has 4 N–H and O–H groups in total. The fourth-order valence-electron chi connectivity index (χ4n) is 1.49. The van der Waals surface area contributed by atoms with Gasteiger partial charge in [0.25, 0.3) is 0 Å². The maximum atomic E-state index is 13.4. The minimum Gasteiger partial charge on any atom is -0.428 e. The Kier molecular flexibility index (Phi) is 5.77. The van der Waals surface area contributed by atoms with Gasteiger partial charge in [-0.15, -0.1) is 0 Å². The Morgan fingerprint density at radius 1 is 0.852 bits per heavy atom. The van der Waals surface area contributed by atoms with Crippen LogP contribution in [0.3, 0.4) is 0 Å². The van der Waals surface area contributed by atoms with Gasteiger partial charge in [0.05, 0.1) is 5.69 Å². The Bertz CT molecular complexity index is 760. The lowest BCUT2D eigenvalue weighted by molar-refractivity contribution is -0.392. The number of rotatable bonds is 5. The molecule has 0 radical (unpaired) electrons. The van der Waals surface area contributed by atoms with Crippen molar-refractivity contribution in [2.45, 2.75) is 23.9 Å². The Morgan fingerprint density at radius 2 is 1.33 bits per heavy atom. The summed E-state index contributed by atoms with van der Waals surface area (Å²) < 4.78 is 144. The average molecular weight is 439 g/mol. The third kappa shape index (κ3) is 3.80. The number of allylic oxidation sites excluding steroid dienone is 1. The van der Waals surface area contributed by atoms with Gasteiger partial charge in [-0.2, -0.15) is 48.3 Å². The summed E-state index contributed by atoms with van der Waals surface area (Å²) in [6.45, 7) is 0. The molecule has 0 bridgehead atoms. The lowest BCUT2D eigenvalue weighted by atomic mass is 10.0. The van der Waals surface area contributed by atoms with Crippen LogP contribution in [0.2, 0.25) is 5.02 Å². The van der Waals surface area contributed by atoms with Crippen molar-refractivity contribution in [3.05, 3.63) is 29.0 Å². The standard InChI is InChI=1S/C12H6ClF11N2O/c13-6-4(26)1-3(25)2-5(6)27-8(15)7(14)9(16,17)10(18,19)11(20,21)12(22,23)24/h1-2H,25-26H2. The van der Waals surface area contributed by atoms with Crippen LogP contribution in [0.25, 0.3) is 0 Å². The number of nitrogens with two attached hydrogens (primary N) is 2. The zero-order chi connectivity index (χ0) is 21.6. The van der Waals surface area contributed by atoms with Crippen molar-refractivity contribution in [2.24, 2.45) is 0 Å². The van der Waals surface area contributed by atoms with Gasteiger partial charge < -0.3 is 16.2 Å². The SMILES string of the molecule is Nc1cc(N)c(Cl)c(OC(F)=C(F)C(F)(F)C(F)(F)C(F)(F)C(F)(F)F)c1. The second-order valence-electron chi connectivity index (χ2n) is 4.83. The normalized spacial score (nSPS) is 14.8. The smallest absolute Gasteiger partial charge is 0.428 e. The molecule has 0 aliphatic rings. The minimum atomic E-state index is -7.42. The second kappa shape index (κ2) is 6.80. The van der Waals surface area contributed by atoms with E-state index in [1.54, 1.807) is 0 Å². The molecule has 154 valence electrons. The highest BCUT2D eigenvalue weighted by Gasteiger charge is 2.83. The monoisotopic (exact) mass is 438 g/mol. The maximum absolute atomic E-state index is 13.4. The van der Waals surface area contributed by atoms with Crippen molar-refractivity contribution in [1.82, 2.24) is 0 Å². The van der Waals surface area contributed by atoms with Gasteiger partial charge in [0.2, 0.25) is 5.83 Å². The summed E-state index contributed by atoms with van der Waals surface area (Å²) in [4.78, 5) is 0. The highest BCUT2D eigenvalue weighted by atomic mass is 35.5. The molecule has 0 atom stereocenters. The first-order valence-corrected chi connectivity index (χ1v) is 6.54. The van der Waals surface area contributed by atoms with E-state index in [1.165, 1.54) is 0 Å². The Balaban J connectivity index is 3.41. The summed E-state index contributed by atoms with van der Waals surface area (Å²) in [6, 6.07) is -1.80. The van der Waals surface area contributed by atoms with Crippen molar-refractivity contribution in [3.63, 3.8) is 0 Å². The molecule has 0 saturated carbocycles. The van der Waals surface area contributed by atoms with Crippen LogP contribution in [0.15, 0.2) is 24.0 Å². The van der Waals surface area contributed by atoms with Gasteiger partial charge >= 0.3 is 30.0 Å². The number of anilines is 2. The van der Waals surface area contributed by atoms with Gasteiger partial charge in [0, 0.05) is 11.8 Å². The molecule has 3 nitrogen and oxygen atoms in total. The van der Waals surface area contributed by atoms with Crippen LogP contribution < -0.4 is 16.2 Å². The van der Waals surface area contributed by atoms with Crippen molar-refractivity contribution in [1.29, 1.82) is 0 Å². The van der Waals surface area contributed by atoms with E-state index in [4.69, 9.17) is 23.1 Å². The average Bonchev–Trinajstić information content (AvgIpc) is 2.49. The number of hydrogen-bond donors (Lipinski definition) is 2. The number of halogens is 12. The highest BCUT2D eigenvalue weighted by molar-refractivity contribution is 6.34. The van der Waals surface area contributed by atoms with Crippen molar-refractivity contribution < 1.29 is 53.0 Å². The minimum absolute atomic E-state index is 0.360. The van der Waals surface area contributed by atoms with Gasteiger partial charge in [-0.1, -0.05) is 11.6 Å². The zero-order valence-electron chi connectivity index (χ0n) is 12.3. The van der Waals surface area contributed by atoms with Crippen LogP contribution >= 0.6 is 11.6 Å². The lowest BCUT2D eigenvalue weighted by Crippen LogP contribution is -2.61. The molecule has 0 aliphatic carbocycles. The van der Waals surface area contributed by atoms with E-state index in [9.17, 15) is 48.3 Å². The molecule has 0 heterocycles. The number of benzene rings is 1. The van der Waals surface area contributed by atoms with Crippen LogP contribution in [0.1, 0.15) is 0 Å². The fraction of sp³-hybridized carbons (Fsp3) is 0.333. The Morgan fingerprint density at radius 3 is 1.78 bits per heavy atom. The summed E-state index contributed by atoms with van der Waals surface area (Å²) in [5.74, 6) is -27.0. The van der Waals surface area contributed by atoms with E-state index < -0.39 is 52.2 Å². The first-order valence-electron chi connectivity index (χ1n) is 6.16. The van der Waals surface area contributed by atoms with Crippen LogP contribution in [-0.2, 0) is 0 Å². The molecule has 15 heteroatoms. The molecular formula is C12H6ClF11N2O. The molecule has 0 fully saturated rings. The van der Waals surface area contributed by atoms with E-state index in [0.29, 0.717) is 6.07 Å². The van der Waals surface area contributed by atoms with E-state index in [-0.39, 0.29) is 5.69 Å². The summed E-state index contributed by atoms with van der Waals surface area (Å²) in [5, 5.41) is -0.775. The molecule has 0 aromatic heterocycles. The van der Waals surface area contributed by atoms with E-state index >= 15 is 0 Å². The molecule has 0 amide bonds. The van der Waals surface area contributed by atoms with Gasteiger partial charge in [-0.05, 0) is 6.07 Å². The number of hydrogen-bond acceptors (Lipinski definition) is 3. The summed E-state index contributed by atoms with van der Waals surface area (Å²) in [6.07, 6.45) is -7.21. The molecular weight excluding hydrogens is 433 g/mol. The highest BCUT2D eigenvalue weighted by Crippen LogP contribution is 2.55. The largest absolute Gasteiger partial charge is 0.460 e.